The standard InChI is InChI=1S/C20H20N6O2/c21-16-7-2-1-5-14(16)10-25-20(28)13-6-3-4-12(8-13)9-15-11-24-18(22)17(26-15)19(23)27/h1-8,11H,9-10,21H2,(H2,22,24)(H2,23,27)(H,25,28). The summed E-state index contributed by atoms with van der Waals surface area (Å²) in [4.78, 5) is 31.9. The van der Waals surface area contributed by atoms with E-state index in [2.05, 4.69) is 15.3 Å². The van der Waals surface area contributed by atoms with Gasteiger partial charge in [-0.25, -0.2) is 9.97 Å². The molecular weight excluding hydrogens is 356 g/mol. The Balaban J connectivity index is 1.72. The normalized spacial score (nSPS) is 10.4. The minimum Gasteiger partial charge on any atom is -0.398 e. The van der Waals surface area contributed by atoms with Crippen LogP contribution in [-0.4, -0.2) is 21.8 Å². The Morgan fingerprint density at radius 2 is 1.82 bits per heavy atom. The van der Waals surface area contributed by atoms with Crippen LogP contribution < -0.4 is 22.5 Å². The van der Waals surface area contributed by atoms with E-state index in [4.69, 9.17) is 17.2 Å². The van der Waals surface area contributed by atoms with Crippen molar-refractivity contribution < 1.29 is 9.59 Å². The molecule has 0 aliphatic heterocycles. The molecule has 7 N–H and O–H groups in total. The first kappa shape index (κ1) is 18.8. The molecule has 0 fully saturated rings. The second-order valence-corrected chi connectivity index (χ2v) is 6.22. The van der Waals surface area contributed by atoms with Gasteiger partial charge in [0.15, 0.2) is 11.5 Å². The lowest BCUT2D eigenvalue weighted by Gasteiger charge is -2.09. The zero-order chi connectivity index (χ0) is 20.1. The van der Waals surface area contributed by atoms with E-state index in [1.807, 2.05) is 24.3 Å². The number of carbonyl (C=O) groups is 2. The molecule has 0 saturated carbocycles. The van der Waals surface area contributed by atoms with E-state index < -0.39 is 5.91 Å². The summed E-state index contributed by atoms with van der Waals surface area (Å²) >= 11 is 0. The highest BCUT2D eigenvalue weighted by Crippen LogP contribution is 2.13. The summed E-state index contributed by atoms with van der Waals surface area (Å²) in [6.45, 7) is 0.334. The molecule has 28 heavy (non-hydrogen) atoms. The maximum absolute atomic E-state index is 12.5. The Kier molecular flexibility index (Phi) is 5.50. The topological polar surface area (TPSA) is 150 Å². The van der Waals surface area contributed by atoms with Crippen LogP contribution in [0.4, 0.5) is 11.5 Å². The molecule has 3 aromatic rings. The summed E-state index contributed by atoms with van der Waals surface area (Å²) in [5.41, 5.74) is 20.0. The van der Waals surface area contributed by atoms with Crippen LogP contribution >= 0.6 is 0 Å². The monoisotopic (exact) mass is 376 g/mol. The average Bonchev–Trinajstić information content (AvgIpc) is 2.68. The van der Waals surface area contributed by atoms with Crippen molar-refractivity contribution in [1.82, 2.24) is 15.3 Å². The van der Waals surface area contributed by atoms with Crippen molar-refractivity contribution in [2.45, 2.75) is 13.0 Å². The average molecular weight is 376 g/mol. The zero-order valence-electron chi connectivity index (χ0n) is 15.1. The fourth-order valence-corrected chi connectivity index (χ4v) is 2.71. The van der Waals surface area contributed by atoms with E-state index in [-0.39, 0.29) is 17.4 Å². The first-order valence-corrected chi connectivity index (χ1v) is 8.55. The second kappa shape index (κ2) is 8.17. The summed E-state index contributed by atoms with van der Waals surface area (Å²) in [5, 5.41) is 2.85. The molecule has 0 bridgehead atoms. The number of rotatable bonds is 6. The van der Waals surface area contributed by atoms with Gasteiger partial charge < -0.3 is 22.5 Å². The molecule has 2 amide bonds. The molecular formula is C20H20N6O2. The molecule has 142 valence electrons. The van der Waals surface area contributed by atoms with Crippen molar-refractivity contribution in [2.24, 2.45) is 5.73 Å². The van der Waals surface area contributed by atoms with Crippen LogP contribution in [0.3, 0.4) is 0 Å². The molecule has 0 aliphatic carbocycles. The molecule has 2 aromatic carbocycles. The number of nitrogens with zero attached hydrogens (tertiary/aromatic N) is 2. The molecule has 1 heterocycles. The SMILES string of the molecule is NC(=O)c1nc(Cc2cccc(C(=O)NCc3ccccc3N)c2)cnc1N. The number of benzene rings is 2. The van der Waals surface area contributed by atoms with E-state index in [1.54, 1.807) is 24.3 Å². The van der Waals surface area contributed by atoms with Crippen LogP contribution in [0.2, 0.25) is 0 Å². The van der Waals surface area contributed by atoms with Crippen molar-refractivity contribution in [1.29, 1.82) is 0 Å². The van der Waals surface area contributed by atoms with Gasteiger partial charge in [0.2, 0.25) is 0 Å². The van der Waals surface area contributed by atoms with Crippen molar-refractivity contribution in [3.05, 3.63) is 82.8 Å². The number of hydrogen-bond donors (Lipinski definition) is 4. The third-order valence-electron chi connectivity index (χ3n) is 4.15. The number of primary amides is 1. The van der Waals surface area contributed by atoms with Crippen LogP contribution in [0, 0.1) is 0 Å². The number of amides is 2. The molecule has 8 heteroatoms. The van der Waals surface area contributed by atoms with Gasteiger partial charge in [-0.3, -0.25) is 9.59 Å². The number of anilines is 2. The van der Waals surface area contributed by atoms with Crippen molar-refractivity contribution in [2.75, 3.05) is 11.5 Å². The van der Waals surface area contributed by atoms with Crippen molar-refractivity contribution in [3.8, 4) is 0 Å². The first-order chi connectivity index (χ1) is 13.4. The summed E-state index contributed by atoms with van der Waals surface area (Å²) in [5.74, 6) is -0.962. The number of nitrogens with two attached hydrogens (primary N) is 3. The minimum absolute atomic E-state index is 0.00966. The number of aromatic nitrogens is 2. The van der Waals surface area contributed by atoms with Gasteiger partial charge in [-0.05, 0) is 29.3 Å². The number of carbonyl (C=O) groups excluding carboxylic acids is 2. The van der Waals surface area contributed by atoms with E-state index in [0.717, 1.165) is 11.1 Å². The number of para-hydroxylation sites is 1. The van der Waals surface area contributed by atoms with Crippen molar-refractivity contribution in [3.63, 3.8) is 0 Å². The molecule has 0 unspecified atom stereocenters. The predicted octanol–water partition coefficient (Wildman–Crippen LogP) is 1.26. The highest BCUT2D eigenvalue weighted by atomic mass is 16.2. The Bertz CT molecular complexity index is 1030. The first-order valence-electron chi connectivity index (χ1n) is 8.55. The Morgan fingerprint density at radius 3 is 2.57 bits per heavy atom. The van der Waals surface area contributed by atoms with Gasteiger partial charge in [0, 0.05) is 24.2 Å². The van der Waals surface area contributed by atoms with Crippen LogP contribution in [0.1, 0.15) is 37.7 Å². The Morgan fingerprint density at radius 1 is 1.04 bits per heavy atom. The maximum atomic E-state index is 12.5. The lowest BCUT2D eigenvalue weighted by Crippen LogP contribution is -2.23. The molecule has 3 rings (SSSR count). The molecule has 0 aliphatic rings. The van der Waals surface area contributed by atoms with Gasteiger partial charge in [0.1, 0.15) is 0 Å². The number of nitrogens with one attached hydrogen (secondary N) is 1. The quantitative estimate of drug-likeness (QED) is 0.476. The lowest BCUT2D eigenvalue weighted by molar-refractivity contribution is 0.0949. The smallest absolute Gasteiger partial charge is 0.271 e. The van der Waals surface area contributed by atoms with E-state index in [0.29, 0.717) is 29.9 Å². The van der Waals surface area contributed by atoms with E-state index >= 15 is 0 Å². The summed E-state index contributed by atoms with van der Waals surface area (Å²) in [7, 11) is 0. The lowest BCUT2D eigenvalue weighted by atomic mass is 10.1. The second-order valence-electron chi connectivity index (χ2n) is 6.22. The number of nitrogen functional groups attached to an aromatic ring is 2. The molecule has 0 radical (unpaired) electrons. The fraction of sp³-hybridized carbons (Fsp3) is 0.100. The molecule has 0 spiro atoms. The maximum Gasteiger partial charge on any atom is 0.271 e. The van der Waals surface area contributed by atoms with Crippen LogP contribution in [0.15, 0.2) is 54.7 Å². The van der Waals surface area contributed by atoms with E-state index in [1.165, 1.54) is 6.20 Å². The molecule has 8 nitrogen and oxygen atoms in total. The van der Waals surface area contributed by atoms with E-state index in [9.17, 15) is 9.59 Å². The fourth-order valence-electron chi connectivity index (χ4n) is 2.71. The Labute approximate surface area is 161 Å². The van der Waals surface area contributed by atoms with Crippen LogP contribution in [-0.2, 0) is 13.0 Å². The van der Waals surface area contributed by atoms with Crippen LogP contribution in [0.25, 0.3) is 0 Å². The predicted molar refractivity (Wildman–Crippen MR) is 106 cm³/mol. The third-order valence-corrected chi connectivity index (χ3v) is 4.15. The third kappa shape index (κ3) is 4.42. The van der Waals surface area contributed by atoms with Gasteiger partial charge in [-0.2, -0.15) is 0 Å². The molecule has 1 aromatic heterocycles. The van der Waals surface area contributed by atoms with Gasteiger partial charge in [-0.1, -0.05) is 30.3 Å². The molecule has 0 atom stereocenters. The molecule has 0 saturated heterocycles. The van der Waals surface area contributed by atoms with Crippen molar-refractivity contribution >= 4 is 23.3 Å². The highest BCUT2D eigenvalue weighted by Gasteiger charge is 2.12. The largest absolute Gasteiger partial charge is 0.398 e. The Hall–Kier alpha value is -3.94. The summed E-state index contributed by atoms with van der Waals surface area (Å²) in [6.07, 6.45) is 1.85. The minimum atomic E-state index is -0.736. The summed E-state index contributed by atoms with van der Waals surface area (Å²) < 4.78 is 0. The van der Waals surface area contributed by atoms with Gasteiger partial charge in [0.05, 0.1) is 11.9 Å². The zero-order valence-corrected chi connectivity index (χ0v) is 15.1. The number of hydrogen-bond acceptors (Lipinski definition) is 6. The van der Waals surface area contributed by atoms with Gasteiger partial charge in [0.25, 0.3) is 11.8 Å². The van der Waals surface area contributed by atoms with Gasteiger partial charge >= 0.3 is 0 Å². The van der Waals surface area contributed by atoms with Gasteiger partial charge in [-0.15, -0.1) is 0 Å². The highest BCUT2D eigenvalue weighted by molar-refractivity contribution is 5.95. The summed E-state index contributed by atoms with van der Waals surface area (Å²) in [6, 6.07) is 14.5. The van der Waals surface area contributed by atoms with Crippen LogP contribution in [0.5, 0.6) is 0 Å².